The van der Waals surface area contributed by atoms with Crippen molar-refractivity contribution in [1.82, 2.24) is 5.32 Å². The van der Waals surface area contributed by atoms with Crippen LogP contribution in [-0.4, -0.2) is 24.4 Å². The molecule has 0 spiro atoms. The van der Waals surface area contributed by atoms with Crippen LogP contribution in [0, 0.1) is 62.1 Å². The van der Waals surface area contributed by atoms with Gasteiger partial charge in [-0.05, 0) is 98.2 Å². The molecule has 4 nitrogen and oxygen atoms in total. The van der Waals surface area contributed by atoms with Crippen molar-refractivity contribution in [2.75, 3.05) is 6.54 Å². The Morgan fingerprint density at radius 2 is 1.62 bits per heavy atom. The highest BCUT2D eigenvalue weighted by molar-refractivity contribution is 6.04. The first kappa shape index (κ1) is 34.4. The zero-order valence-corrected chi connectivity index (χ0v) is 27.1. The van der Waals surface area contributed by atoms with E-state index >= 15 is 0 Å². The van der Waals surface area contributed by atoms with Crippen molar-refractivity contribution in [2.24, 2.45) is 50.7 Å². The fourth-order valence-electron chi connectivity index (χ4n) is 10.9. The van der Waals surface area contributed by atoms with Crippen molar-refractivity contribution in [3.8, 4) is 6.07 Å². The van der Waals surface area contributed by atoms with Crippen molar-refractivity contribution >= 4 is 11.7 Å². The first-order valence-electron chi connectivity index (χ1n) is 16.1. The number of ketones is 1. The maximum absolute atomic E-state index is 13.3. The summed E-state index contributed by atoms with van der Waals surface area (Å²) < 4.78 is 38.8. The molecule has 6 unspecified atom stereocenters. The number of carbonyl (C=O) groups excluding carboxylic acids is 2. The largest absolute Gasteiger partial charge is 0.405 e. The minimum Gasteiger partial charge on any atom is -0.346 e. The Balaban J connectivity index is 0.000000910. The van der Waals surface area contributed by atoms with Crippen LogP contribution in [-0.2, 0) is 9.59 Å². The van der Waals surface area contributed by atoms with Gasteiger partial charge in [-0.15, -0.1) is 6.58 Å². The molecule has 4 saturated carbocycles. The summed E-state index contributed by atoms with van der Waals surface area (Å²) in [6, 6.07) is 2.20. The summed E-state index contributed by atoms with van der Waals surface area (Å²) in [5.74, 6) is 0.441. The number of alkyl halides is 3. The SMILES string of the molecule is C=CC.CC.CC1(C)C(=O)C(C#N)=C[C@@]2(C)C1CCC1(C)C2CCC2C3CCCC3(C(=O)NCC(F)(F)F)CC[C@]21C. The summed E-state index contributed by atoms with van der Waals surface area (Å²) in [6.45, 7) is 19.1. The molecule has 5 aliphatic rings. The normalized spacial score (nSPS) is 41.4. The third kappa shape index (κ3) is 5.07. The predicted molar refractivity (Wildman–Crippen MR) is 161 cm³/mol. The Kier molecular flexibility index (Phi) is 9.64. The van der Waals surface area contributed by atoms with Gasteiger partial charge < -0.3 is 5.32 Å². The molecule has 4 fully saturated rings. The van der Waals surface area contributed by atoms with Gasteiger partial charge in [-0.25, -0.2) is 0 Å². The Labute approximate surface area is 252 Å². The van der Waals surface area contributed by atoms with E-state index in [4.69, 9.17) is 0 Å². The van der Waals surface area contributed by atoms with Crippen LogP contribution in [0.4, 0.5) is 13.2 Å². The van der Waals surface area contributed by atoms with Crippen LogP contribution < -0.4 is 5.32 Å². The van der Waals surface area contributed by atoms with E-state index in [1.807, 2.05) is 40.7 Å². The Morgan fingerprint density at radius 3 is 2.19 bits per heavy atom. The van der Waals surface area contributed by atoms with Gasteiger partial charge in [-0.3, -0.25) is 9.59 Å². The molecule has 0 aromatic heterocycles. The topological polar surface area (TPSA) is 70.0 Å². The number of Topliss-reactive ketones (excluding diaryl/α,β-unsaturated/α-hetero) is 1. The van der Waals surface area contributed by atoms with Crippen LogP contribution >= 0.6 is 0 Å². The zero-order chi connectivity index (χ0) is 31.9. The number of nitrogens with one attached hydrogen (secondary N) is 1. The van der Waals surface area contributed by atoms with Crippen LogP contribution in [0.1, 0.15) is 113 Å². The molecular formula is C35H53F3N2O2. The molecule has 0 saturated heterocycles. The molecule has 0 aliphatic heterocycles. The summed E-state index contributed by atoms with van der Waals surface area (Å²) in [7, 11) is 0. The van der Waals surface area contributed by atoms with Gasteiger partial charge in [0.25, 0.3) is 0 Å². The molecule has 5 rings (SSSR count). The lowest BCUT2D eigenvalue weighted by Crippen LogP contribution is -2.66. The minimum atomic E-state index is -4.41. The Hall–Kier alpha value is -2.10. The second kappa shape index (κ2) is 11.8. The van der Waals surface area contributed by atoms with Crippen LogP contribution in [0.5, 0.6) is 0 Å². The van der Waals surface area contributed by atoms with E-state index in [9.17, 15) is 28.0 Å². The minimum absolute atomic E-state index is 0.0358. The second-order valence-electron chi connectivity index (χ2n) is 14.6. The van der Waals surface area contributed by atoms with E-state index in [2.05, 4.69) is 38.7 Å². The molecule has 0 bridgehead atoms. The monoisotopic (exact) mass is 590 g/mol. The average molecular weight is 591 g/mol. The molecule has 0 aromatic carbocycles. The lowest BCUT2D eigenvalue weighted by atomic mass is 9.33. The smallest absolute Gasteiger partial charge is 0.346 e. The summed E-state index contributed by atoms with van der Waals surface area (Å²) in [4.78, 5) is 26.5. The number of fused-ring (bicyclic) bond motifs is 7. The van der Waals surface area contributed by atoms with Crippen molar-refractivity contribution in [3.05, 3.63) is 24.3 Å². The van der Waals surface area contributed by atoms with Crippen molar-refractivity contribution in [2.45, 2.75) is 119 Å². The molecule has 1 N–H and O–H groups in total. The predicted octanol–water partition coefficient (Wildman–Crippen LogP) is 8.98. The number of carbonyl (C=O) groups is 2. The van der Waals surface area contributed by atoms with Crippen LogP contribution in [0.25, 0.3) is 0 Å². The first-order valence-corrected chi connectivity index (χ1v) is 16.1. The van der Waals surface area contributed by atoms with Gasteiger partial charge >= 0.3 is 6.18 Å². The molecule has 0 aromatic rings. The van der Waals surface area contributed by atoms with Crippen LogP contribution in [0.3, 0.4) is 0 Å². The van der Waals surface area contributed by atoms with Gasteiger partial charge in [0.2, 0.25) is 5.91 Å². The molecule has 0 heterocycles. The van der Waals surface area contributed by atoms with Gasteiger partial charge in [0.05, 0.1) is 11.0 Å². The second-order valence-corrected chi connectivity index (χ2v) is 14.6. The van der Waals surface area contributed by atoms with Crippen LogP contribution in [0.15, 0.2) is 24.3 Å². The number of halogens is 3. The molecule has 42 heavy (non-hydrogen) atoms. The Morgan fingerprint density at radius 1 is 1.00 bits per heavy atom. The van der Waals surface area contributed by atoms with Crippen LogP contribution in [0.2, 0.25) is 0 Å². The van der Waals surface area contributed by atoms with Gasteiger partial charge in [0, 0.05) is 5.41 Å². The lowest BCUT2D eigenvalue weighted by Gasteiger charge is -2.71. The third-order valence-corrected chi connectivity index (χ3v) is 12.7. The zero-order valence-electron chi connectivity index (χ0n) is 27.1. The van der Waals surface area contributed by atoms with E-state index in [0.29, 0.717) is 30.3 Å². The maximum Gasteiger partial charge on any atom is 0.405 e. The molecule has 1 amide bonds. The van der Waals surface area contributed by atoms with Gasteiger partial charge in [-0.2, -0.15) is 18.4 Å². The highest BCUT2D eigenvalue weighted by atomic mass is 19.4. The number of hydrogen-bond donors (Lipinski definition) is 1. The number of allylic oxidation sites excluding steroid dienone is 3. The molecular weight excluding hydrogens is 537 g/mol. The molecule has 7 heteroatoms. The standard InChI is InChI=1S/C30H41F3N2O2.C3H6.C2H6/c1-25(2)21-10-12-28(5)22(26(21,3)15-18(16-34)23(25)36)9-8-19-20-7-6-11-29(20,14-13-27(19,28)4)24(37)35-17-30(31,32)33;1-3-2;1-2/h15,19-22H,6-14,17H2,1-5H3,(H,35,37);3H,1H2,2H3;1-2H3/t19?,20?,21?,22?,26-,27+,28?,29?;;/m0../s1. The Bertz CT molecular complexity index is 1140. The third-order valence-electron chi connectivity index (χ3n) is 12.7. The fourth-order valence-corrected chi connectivity index (χ4v) is 10.9. The van der Waals surface area contributed by atoms with Gasteiger partial charge in [0.1, 0.15) is 12.6 Å². The van der Waals surface area contributed by atoms with Crippen molar-refractivity contribution in [3.63, 3.8) is 0 Å². The van der Waals surface area contributed by atoms with Crippen molar-refractivity contribution < 1.29 is 22.8 Å². The summed E-state index contributed by atoms with van der Waals surface area (Å²) in [6.07, 6.45) is 7.11. The number of hydrogen-bond acceptors (Lipinski definition) is 3. The first-order chi connectivity index (χ1) is 19.5. The quantitative estimate of drug-likeness (QED) is 0.326. The number of rotatable bonds is 2. The summed E-state index contributed by atoms with van der Waals surface area (Å²) in [5, 5.41) is 12.1. The highest BCUT2D eigenvalue weighted by Gasteiger charge is 2.70. The van der Waals surface area contributed by atoms with E-state index in [0.717, 1.165) is 44.9 Å². The van der Waals surface area contributed by atoms with Crippen molar-refractivity contribution in [1.29, 1.82) is 5.26 Å². The summed E-state index contributed by atoms with van der Waals surface area (Å²) >= 11 is 0. The number of nitriles is 1. The lowest BCUT2D eigenvalue weighted by molar-refractivity contribution is -0.215. The average Bonchev–Trinajstić information content (AvgIpc) is 3.36. The molecule has 0 radical (unpaired) electrons. The number of nitrogens with zero attached hydrogens (tertiary/aromatic N) is 1. The molecule has 236 valence electrons. The van der Waals surface area contributed by atoms with E-state index in [1.54, 1.807) is 6.08 Å². The van der Waals surface area contributed by atoms with E-state index in [-0.39, 0.29) is 33.9 Å². The number of amides is 1. The van der Waals surface area contributed by atoms with E-state index in [1.165, 1.54) is 0 Å². The van der Waals surface area contributed by atoms with Gasteiger partial charge in [0.15, 0.2) is 5.78 Å². The maximum atomic E-state index is 13.3. The molecule has 8 atom stereocenters. The van der Waals surface area contributed by atoms with E-state index < -0.39 is 29.5 Å². The van der Waals surface area contributed by atoms with Gasteiger partial charge in [-0.1, -0.05) is 67.0 Å². The highest BCUT2D eigenvalue weighted by Crippen LogP contribution is 2.76. The molecule has 5 aliphatic carbocycles. The summed E-state index contributed by atoms with van der Waals surface area (Å²) in [5.41, 5.74) is -1.33. The fraction of sp³-hybridized carbons (Fsp3) is 0.800.